The molecule has 0 fully saturated rings. The van der Waals surface area contributed by atoms with E-state index in [-0.39, 0.29) is 11.7 Å². The average molecular weight is 453 g/mol. The second-order valence-corrected chi connectivity index (χ2v) is 8.51. The minimum absolute atomic E-state index is 0.256. The van der Waals surface area contributed by atoms with E-state index in [1.165, 1.54) is 17.5 Å². The molecule has 180 valence electrons. The highest BCUT2D eigenvalue weighted by atomic mass is 16.5. The van der Waals surface area contributed by atoms with Gasteiger partial charge in [0.2, 0.25) is 0 Å². The van der Waals surface area contributed by atoms with Crippen molar-refractivity contribution in [1.29, 1.82) is 10.8 Å². The number of hydrogen-bond donors (Lipinski definition) is 4. The predicted molar refractivity (Wildman–Crippen MR) is 137 cm³/mol. The Hall–Kier alpha value is -3.02. The van der Waals surface area contributed by atoms with Gasteiger partial charge in [-0.3, -0.25) is 10.8 Å². The average Bonchev–Trinajstić information content (AvgIpc) is 2.79. The predicted octanol–water partition coefficient (Wildman–Crippen LogP) is 5.61. The van der Waals surface area contributed by atoms with Gasteiger partial charge in [-0.05, 0) is 73.9 Å². The smallest absolute Gasteiger partial charge is 0.119 e. The van der Waals surface area contributed by atoms with Gasteiger partial charge in [-0.2, -0.15) is 0 Å². The fourth-order valence-corrected chi connectivity index (χ4v) is 3.59. The van der Waals surface area contributed by atoms with E-state index in [0.29, 0.717) is 12.8 Å². The third-order valence-corrected chi connectivity index (χ3v) is 5.50. The number of aryl methyl sites for hydroxylation is 2. The molecule has 0 radical (unpaired) electrons. The van der Waals surface area contributed by atoms with Crippen LogP contribution in [0.2, 0.25) is 0 Å². The molecule has 0 aliphatic rings. The maximum absolute atomic E-state index is 7.26. The lowest BCUT2D eigenvalue weighted by Crippen LogP contribution is -2.09. The van der Waals surface area contributed by atoms with E-state index < -0.39 is 0 Å². The Bertz CT molecular complexity index is 750. The molecule has 2 aromatic carbocycles. The number of ether oxygens (including phenoxy) is 2. The highest BCUT2D eigenvalue weighted by Crippen LogP contribution is 2.16. The molecule has 0 heterocycles. The van der Waals surface area contributed by atoms with Crippen LogP contribution in [0.4, 0.5) is 0 Å². The first kappa shape index (κ1) is 26.2. The Kier molecular flexibility index (Phi) is 12.5. The second-order valence-electron chi connectivity index (χ2n) is 8.51. The normalized spacial score (nSPS) is 10.7. The number of amidine groups is 2. The largest absolute Gasteiger partial charge is 0.494 e. The van der Waals surface area contributed by atoms with Gasteiger partial charge in [0.15, 0.2) is 0 Å². The highest BCUT2D eigenvalue weighted by Gasteiger charge is 2.00. The van der Waals surface area contributed by atoms with Gasteiger partial charge >= 0.3 is 0 Å². The number of nitrogens with two attached hydrogens (primary N) is 2. The van der Waals surface area contributed by atoms with Crippen molar-refractivity contribution in [3.8, 4) is 11.5 Å². The molecular weight excluding hydrogens is 412 g/mol. The van der Waals surface area contributed by atoms with E-state index in [4.69, 9.17) is 31.8 Å². The summed E-state index contributed by atoms with van der Waals surface area (Å²) in [6, 6.07) is 16.5. The first-order chi connectivity index (χ1) is 16.0. The minimum atomic E-state index is 0.256. The van der Waals surface area contributed by atoms with Gasteiger partial charge in [0, 0.05) is 12.8 Å². The Morgan fingerprint density at radius 2 is 0.909 bits per heavy atom. The molecule has 0 unspecified atom stereocenters. The first-order valence-corrected chi connectivity index (χ1v) is 12.1. The van der Waals surface area contributed by atoms with Crippen LogP contribution in [-0.4, -0.2) is 24.9 Å². The van der Waals surface area contributed by atoms with Crippen LogP contribution >= 0.6 is 0 Å². The molecule has 0 saturated heterocycles. The van der Waals surface area contributed by atoms with Crippen molar-refractivity contribution in [3.05, 3.63) is 59.7 Å². The lowest BCUT2D eigenvalue weighted by Gasteiger charge is -2.08. The summed E-state index contributed by atoms with van der Waals surface area (Å²) in [4.78, 5) is 0. The van der Waals surface area contributed by atoms with Gasteiger partial charge in [0.25, 0.3) is 0 Å². The van der Waals surface area contributed by atoms with Crippen LogP contribution < -0.4 is 20.9 Å². The molecule has 33 heavy (non-hydrogen) atoms. The molecule has 0 bridgehead atoms. The van der Waals surface area contributed by atoms with Crippen LogP contribution in [0.3, 0.4) is 0 Å². The van der Waals surface area contributed by atoms with Crippen molar-refractivity contribution in [2.75, 3.05) is 13.2 Å². The van der Waals surface area contributed by atoms with E-state index >= 15 is 0 Å². The molecule has 2 aromatic rings. The molecule has 2 rings (SSSR count). The van der Waals surface area contributed by atoms with Crippen molar-refractivity contribution in [3.63, 3.8) is 0 Å². The van der Waals surface area contributed by atoms with Gasteiger partial charge in [0.1, 0.15) is 11.5 Å². The Morgan fingerprint density at radius 3 is 1.27 bits per heavy atom. The SMILES string of the molecule is N=C(N)CCCc1ccc(OCCCCCCCOc2ccc(CCCC(=N)N)cc2)cc1. The zero-order valence-corrected chi connectivity index (χ0v) is 19.8. The minimum Gasteiger partial charge on any atom is -0.494 e. The summed E-state index contributed by atoms with van der Waals surface area (Å²) in [5, 5.41) is 14.5. The summed E-state index contributed by atoms with van der Waals surface area (Å²) in [7, 11) is 0. The van der Waals surface area contributed by atoms with Gasteiger partial charge in [-0.25, -0.2) is 0 Å². The van der Waals surface area contributed by atoms with Crippen molar-refractivity contribution in [2.45, 2.75) is 70.6 Å². The monoisotopic (exact) mass is 452 g/mol. The van der Waals surface area contributed by atoms with Crippen molar-refractivity contribution in [2.24, 2.45) is 11.5 Å². The molecule has 0 atom stereocenters. The topological polar surface area (TPSA) is 118 Å². The van der Waals surface area contributed by atoms with Crippen molar-refractivity contribution >= 4 is 11.7 Å². The second kappa shape index (κ2) is 15.7. The zero-order chi connectivity index (χ0) is 23.7. The summed E-state index contributed by atoms with van der Waals surface area (Å²) >= 11 is 0. The van der Waals surface area contributed by atoms with Gasteiger partial charge in [-0.1, -0.05) is 43.5 Å². The summed E-state index contributed by atoms with van der Waals surface area (Å²) in [6.07, 6.45) is 10.7. The number of benzene rings is 2. The lowest BCUT2D eigenvalue weighted by atomic mass is 10.1. The number of unbranched alkanes of at least 4 members (excludes halogenated alkanes) is 4. The van der Waals surface area contributed by atoms with E-state index in [2.05, 4.69) is 24.3 Å². The Morgan fingerprint density at radius 1 is 0.545 bits per heavy atom. The zero-order valence-electron chi connectivity index (χ0n) is 19.8. The Labute approximate surface area is 198 Å². The van der Waals surface area contributed by atoms with Crippen LogP contribution in [0.5, 0.6) is 11.5 Å². The van der Waals surface area contributed by atoms with Crippen LogP contribution in [-0.2, 0) is 12.8 Å². The van der Waals surface area contributed by atoms with E-state index in [1.54, 1.807) is 0 Å². The van der Waals surface area contributed by atoms with Crippen LogP contribution in [0, 0.1) is 10.8 Å². The first-order valence-electron chi connectivity index (χ1n) is 12.1. The molecule has 6 N–H and O–H groups in total. The van der Waals surface area contributed by atoms with Gasteiger partial charge in [0.05, 0.1) is 24.9 Å². The van der Waals surface area contributed by atoms with Crippen LogP contribution in [0.15, 0.2) is 48.5 Å². The third-order valence-electron chi connectivity index (χ3n) is 5.50. The molecule has 0 aliphatic carbocycles. The molecule has 0 amide bonds. The van der Waals surface area contributed by atoms with Crippen molar-refractivity contribution < 1.29 is 9.47 Å². The molecule has 6 heteroatoms. The fraction of sp³-hybridized carbons (Fsp3) is 0.481. The number of nitrogens with one attached hydrogen (secondary N) is 2. The van der Waals surface area contributed by atoms with Gasteiger partial charge in [-0.15, -0.1) is 0 Å². The number of rotatable bonds is 18. The summed E-state index contributed by atoms with van der Waals surface area (Å²) in [5.74, 6) is 2.35. The maximum Gasteiger partial charge on any atom is 0.119 e. The lowest BCUT2D eigenvalue weighted by molar-refractivity contribution is 0.293. The number of hydrogen-bond acceptors (Lipinski definition) is 4. The molecule has 0 aromatic heterocycles. The molecule has 0 spiro atoms. The highest BCUT2D eigenvalue weighted by molar-refractivity contribution is 5.77. The molecule has 6 nitrogen and oxygen atoms in total. The molecule has 0 aliphatic heterocycles. The van der Waals surface area contributed by atoms with Crippen molar-refractivity contribution in [1.82, 2.24) is 0 Å². The molecule has 0 saturated carbocycles. The third kappa shape index (κ3) is 12.6. The molecular formula is C27H40N4O2. The van der Waals surface area contributed by atoms with Crippen LogP contribution in [0.25, 0.3) is 0 Å². The Balaban J connectivity index is 1.45. The standard InChI is InChI=1S/C27H40N4O2/c28-26(29)10-6-8-22-12-16-24(17-13-22)32-20-4-2-1-3-5-21-33-25-18-14-23(15-19-25)9-7-11-27(30)31/h12-19H,1-11,20-21H2,(H3,28,29)(H3,30,31). The van der Waals surface area contributed by atoms with Gasteiger partial charge < -0.3 is 20.9 Å². The summed E-state index contributed by atoms with van der Waals surface area (Å²) in [5.41, 5.74) is 13.3. The van der Waals surface area contributed by atoms with Crippen LogP contribution in [0.1, 0.15) is 68.9 Å². The maximum atomic E-state index is 7.26. The van der Waals surface area contributed by atoms with E-state index in [1.807, 2.05) is 24.3 Å². The van der Waals surface area contributed by atoms with E-state index in [0.717, 1.165) is 76.1 Å². The fourth-order valence-electron chi connectivity index (χ4n) is 3.59. The van der Waals surface area contributed by atoms with E-state index in [9.17, 15) is 0 Å². The summed E-state index contributed by atoms with van der Waals surface area (Å²) < 4.78 is 11.7. The summed E-state index contributed by atoms with van der Waals surface area (Å²) in [6.45, 7) is 1.50. The quantitative estimate of drug-likeness (QED) is 0.133.